The van der Waals surface area contributed by atoms with Gasteiger partial charge in [-0.1, -0.05) is 31.5 Å². The van der Waals surface area contributed by atoms with Gasteiger partial charge < -0.3 is 14.4 Å². The molecule has 2 heterocycles. The number of amides is 1. The average Bonchev–Trinajstić information content (AvgIpc) is 3.19. The molecule has 0 saturated carbocycles. The molecule has 1 aromatic heterocycles. The van der Waals surface area contributed by atoms with Gasteiger partial charge in [0.1, 0.15) is 6.10 Å². The van der Waals surface area contributed by atoms with Crippen LogP contribution in [0.5, 0.6) is 0 Å². The summed E-state index contributed by atoms with van der Waals surface area (Å²) in [5.41, 5.74) is 2.43. The maximum atomic E-state index is 13.1. The fraction of sp³-hybridized carbons (Fsp3) is 0.542. The fourth-order valence-electron chi connectivity index (χ4n) is 5.15. The molecule has 0 radical (unpaired) electrons. The molecule has 1 saturated heterocycles. The molecule has 1 aromatic carbocycles. The largest absolute Gasteiger partial charge is 0.469 e. The lowest BCUT2D eigenvalue weighted by Crippen LogP contribution is -2.58. The lowest BCUT2D eigenvalue weighted by atomic mass is 9.62. The standard InChI is InChI=1S/C24H31N3O4/c1-4-8-17(2)31-23(29)26-12-11-19-13-21-18(14-24(19,16-26)22(28)30-3)15-25-27(21)20-9-6-5-7-10-20/h5-7,9-10,15,17,19H,4,8,11-14,16H2,1-3H3/t17?,19?,24-/m0/s1. The van der Waals surface area contributed by atoms with Gasteiger partial charge in [-0.05, 0) is 56.2 Å². The van der Waals surface area contributed by atoms with Crippen molar-refractivity contribution in [1.82, 2.24) is 14.7 Å². The summed E-state index contributed by atoms with van der Waals surface area (Å²) in [6.07, 6.45) is 5.13. The zero-order chi connectivity index (χ0) is 22.0. The Bertz CT molecular complexity index is 942. The zero-order valence-electron chi connectivity index (χ0n) is 18.5. The van der Waals surface area contributed by atoms with E-state index in [0.29, 0.717) is 19.5 Å². The van der Waals surface area contributed by atoms with Crippen LogP contribution in [0.25, 0.3) is 5.69 Å². The van der Waals surface area contributed by atoms with Gasteiger partial charge in [0, 0.05) is 18.8 Å². The summed E-state index contributed by atoms with van der Waals surface area (Å²) in [4.78, 5) is 27.5. The molecule has 1 fully saturated rings. The van der Waals surface area contributed by atoms with Crippen LogP contribution in [0.3, 0.4) is 0 Å². The molecule has 7 heteroatoms. The number of esters is 1. The van der Waals surface area contributed by atoms with Crippen LogP contribution in [-0.2, 0) is 27.1 Å². The summed E-state index contributed by atoms with van der Waals surface area (Å²) < 4.78 is 12.9. The zero-order valence-corrected chi connectivity index (χ0v) is 18.5. The van der Waals surface area contributed by atoms with Crippen molar-refractivity contribution in [2.24, 2.45) is 11.3 Å². The van der Waals surface area contributed by atoms with Gasteiger partial charge in [-0.25, -0.2) is 9.48 Å². The SMILES string of the molecule is CCCC(C)OC(=O)N1CCC2Cc3c(cnn3-c3ccccc3)C[C@]2(C(=O)OC)C1. The van der Waals surface area contributed by atoms with Gasteiger partial charge in [0.15, 0.2) is 0 Å². The quantitative estimate of drug-likeness (QED) is 0.682. The maximum Gasteiger partial charge on any atom is 0.410 e. The van der Waals surface area contributed by atoms with E-state index in [2.05, 4.69) is 12.0 Å². The van der Waals surface area contributed by atoms with E-state index in [9.17, 15) is 9.59 Å². The maximum absolute atomic E-state index is 13.1. The third-order valence-corrected chi connectivity index (χ3v) is 6.75. The molecule has 166 valence electrons. The van der Waals surface area contributed by atoms with Crippen molar-refractivity contribution in [2.75, 3.05) is 20.2 Å². The molecule has 31 heavy (non-hydrogen) atoms. The van der Waals surface area contributed by atoms with E-state index in [1.54, 1.807) is 4.90 Å². The molecule has 0 spiro atoms. The first-order chi connectivity index (χ1) is 15.0. The third-order valence-electron chi connectivity index (χ3n) is 6.75. The molecule has 1 aliphatic heterocycles. The van der Waals surface area contributed by atoms with E-state index in [1.807, 2.05) is 48.1 Å². The number of aromatic nitrogens is 2. The van der Waals surface area contributed by atoms with Crippen LogP contribution in [0.1, 0.15) is 44.4 Å². The topological polar surface area (TPSA) is 73.7 Å². The van der Waals surface area contributed by atoms with Crippen LogP contribution in [0.4, 0.5) is 4.79 Å². The highest BCUT2D eigenvalue weighted by Crippen LogP contribution is 2.46. The van der Waals surface area contributed by atoms with Crippen molar-refractivity contribution >= 4 is 12.1 Å². The van der Waals surface area contributed by atoms with Crippen molar-refractivity contribution in [3.8, 4) is 5.69 Å². The van der Waals surface area contributed by atoms with Gasteiger partial charge in [-0.15, -0.1) is 0 Å². The Hall–Kier alpha value is -2.83. The second-order valence-corrected chi connectivity index (χ2v) is 8.78. The first-order valence-electron chi connectivity index (χ1n) is 11.1. The highest BCUT2D eigenvalue weighted by molar-refractivity contribution is 5.80. The molecule has 2 aromatic rings. The minimum absolute atomic E-state index is 0.0868. The number of methoxy groups -OCH3 is 1. The summed E-state index contributed by atoms with van der Waals surface area (Å²) in [5.74, 6) is -0.168. The van der Waals surface area contributed by atoms with Crippen molar-refractivity contribution in [2.45, 2.75) is 52.1 Å². The number of benzene rings is 1. The minimum atomic E-state index is -0.766. The first-order valence-corrected chi connectivity index (χ1v) is 11.1. The number of carbonyl (C=O) groups is 2. The number of piperidine rings is 1. The predicted octanol–water partition coefficient (Wildman–Crippen LogP) is 3.78. The van der Waals surface area contributed by atoms with Gasteiger partial charge >= 0.3 is 12.1 Å². The van der Waals surface area contributed by atoms with Gasteiger partial charge in [-0.2, -0.15) is 5.10 Å². The molecule has 2 aliphatic rings. The molecular formula is C24H31N3O4. The van der Waals surface area contributed by atoms with Gasteiger partial charge in [-0.3, -0.25) is 4.79 Å². The minimum Gasteiger partial charge on any atom is -0.469 e. The van der Waals surface area contributed by atoms with Crippen molar-refractivity contribution in [3.63, 3.8) is 0 Å². The molecule has 1 amide bonds. The summed E-state index contributed by atoms with van der Waals surface area (Å²) in [7, 11) is 1.43. The number of fused-ring (bicyclic) bond motifs is 2. The number of hydrogen-bond donors (Lipinski definition) is 0. The molecule has 7 nitrogen and oxygen atoms in total. The van der Waals surface area contributed by atoms with Gasteiger partial charge in [0.2, 0.25) is 0 Å². The van der Waals surface area contributed by atoms with Gasteiger partial charge in [0.05, 0.1) is 24.4 Å². The Kier molecular flexibility index (Phi) is 6.03. The summed E-state index contributed by atoms with van der Waals surface area (Å²) in [5, 5.41) is 4.62. The number of nitrogens with zero attached hydrogens (tertiary/aromatic N) is 3. The Labute approximate surface area is 183 Å². The second kappa shape index (κ2) is 8.73. The Morgan fingerprint density at radius 3 is 2.77 bits per heavy atom. The highest BCUT2D eigenvalue weighted by atomic mass is 16.6. The average molecular weight is 426 g/mol. The first kappa shape index (κ1) is 21.4. The number of likely N-dealkylation sites (tertiary alicyclic amines) is 1. The van der Waals surface area contributed by atoms with Crippen LogP contribution < -0.4 is 0 Å². The fourth-order valence-corrected chi connectivity index (χ4v) is 5.15. The van der Waals surface area contributed by atoms with E-state index in [0.717, 1.165) is 42.6 Å². The number of ether oxygens (including phenoxy) is 2. The van der Waals surface area contributed by atoms with Crippen LogP contribution in [-0.4, -0.2) is 53.0 Å². The molecular weight excluding hydrogens is 394 g/mol. The van der Waals surface area contributed by atoms with Crippen LogP contribution in [0.15, 0.2) is 36.5 Å². The summed E-state index contributed by atoms with van der Waals surface area (Å²) in [6, 6.07) is 10.0. The van der Waals surface area contributed by atoms with Crippen molar-refractivity contribution in [1.29, 1.82) is 0 Å². The third kappa shape index (κ3) is 3.93. The summed E-state index contributed by atoms with van der Waals surface area (Å²) in [6.45, 7) is 4.88. The molecule has 3 atom stereocenters. The second-order valence-electron chi connectivity index (χ2n) is 8.78. The molecule has 0 bridgehead atoms. The van der Waals surface area contributed by atoms with E-state index in [4.69, 9.17) is 9.47 Å². The Morgan fingerprint density at radius 2 is 2.06 bits per heavy atom. The monoisotopic (exact) mass is 425 g/mol. The van der Waals surface area contributed by atoms with Gasteiger partial charge in [0.25, 0.3) is 0 Å². The van der Waals surface area contributed by atoms with E-state index >= 15 is 0 Å². The van der Waals surface area contributed by atoms with Crippen LogP contribution in [0.2, 0.25) is 0 Å². The van der Waals surface area contributed by atoms with Crippen molar-refractivity contribution < 1.29 is 19.1 Å². The molecule has 1 aliphatic carbocycles. The molecule has 4 rings (SSSR count). The van der Waals surface area contributed by atoms with E-state index < -0.39 is 5.41 Å². The lowest BCUT2D eigenvalue weighted by Gasteiger charge is -2.48. The predicted molar refractivity (Wildman–Crippen MR) is 116 cm³/mol. The van der Waals surface area contributed by atoms with E-state index in [-0.39, 0.29) is 24.1 Å². The smallest absolute Gasteiger partial charge is 0.410 e. The number of carbonyl (C=O) groups excluding carboxylic acids is 2. The summed E-state index contributed by atoms with van der Waals surface area (Å²) >= 11 is 0. The number of rotatable bonds is 5. The van der Waals surface area contributed by atoms with Crippen molar-refractivity contribution in [3.05, 3.63) is 47.8 Å². The molecule has 0 N–H and O–H groups in total. The van der Waals surface area contributed by atoms with Crippen LogP contribution >= 0.6 is 0 Å². The Balaban J connectivity index is 1.61. The lowest BCUT2D eigenvalue weighted by molar-refractivity contribution is -0.161. The van der Waals surface area contributed by atoms with E-state index in [1.165, 1.54) is 7.11 Å². The van der Waals surface area contributed by atoms with Crippen LogP contribution in [0, 0.1) is 11.3 Å². The number of hydrogen-bond acceptors (Lipinski definition) is 5. The molecule has 2 unspecified atom stereocenters. The number of para-hydroxylation sites is 1. The normalized spacial score (nSPS) is 23.5. The highest BCUT2D eigenvalue weighted by Gasteiger charge is 2.54. The Morgan fingerprint density at radius 1 is 1.29 bits per heavy atom.